The molecule has 110 valence electrons. The van der Waals surface area contributed by atoms with Gasteiger partial charge >= 0.3 is 0 Å². The van der Waals surface area contributed by atoms with Gasteiger partial charge in [-0.25, -0.2) is 0 Å². The number of rotatable bonds is 6. The molecule has 4 heteroatoms. The second-order valence-electron chi connectivity index (χ2n) is 5.74. The summed E-state index contributed by atoms with van der Waals surface area (Å²) >= 11 is 3.48. The highest BCUT2D eigenvalue weighted by Gasteiger charge is 2.25. The Hall–Kier alpha value is -0.0900. The predicted molar refractivity (Wildman–Crippen MR) is 80.6 cm³/mol. The maximum atomic E-state index is 12.4. The quantitative estimate of drug-likeness (QED) is 0.697. The van der Waals surface area contributed by atoms with Gasteiger partial charge in [-0.05, 0) is 32.1 Å². The van der Waals surface area contributed by atoms with Crippen molar-refractivity contribution in [2.75, 3.05) is 18.5 Å². The molecular formula is C15H26BrNO2. The third-order valence-corrected chi connectivity index (χ3v) is 4.72. The number of nitrogens with zero attached hydrogens (tertiary/aromatic N) is 1. The number of carbonyl (C=O) groups excluding carboxylic acids is 1. The number of carbonyl (C=O) groups is 1. The minimum absolute atomic E-state index is 0.334. The monoisotopic (exact) mass is 331 g/mol. The molecule has 0 aromatic carbocycles. The Morgan fingerprint density at radius 3 is 2.58 bits per heavy atom. The van der Waals surface area contributed by atoms with Gasteiger partial charge in [0.1, 0.15) is 0 Å². The van der Waals surface area contributed by atoms with E-state index in [1.165, 1.54) is 32.1 Å². The van der Waals surface area contributed by atoms with Gasteiger partial charge in [0.25, 0.3) is 0 Å². The largest absolute Gasteiger partial charge is 0.378 e. The van der Waals surface area contributed by atoms with E-state index in [0.29, 0.717) is 24.5 Å². The molecule has 0 spiro atoms. The number of halogens is 1. The summed E-state index contributed by atoms with van der Waals surface area (Å²) in [7, 11) is 0. The maximum absolute atomic E-state index is 12.4. The number of alkyl halides is 1. The first-order valence-corrected chi connectivity index (χ1v) is 8.90. The lowest BCUT2D eigenvalue weighted by molar-refractivity contribution is -0.134. The van der Waals surface area contributed by atoms with Crippen molar-refractivity contribution in [3.8, 4) is 0 Å². The summed E-state index contributed by atoms with van der Waals surface area (Å²) in [6.45, 7) is 1.74. The van der Waals surface area contributed by atoms with Crippen LogP contribution in [-0.2, 0) is 9.53 Å². The van der Waals surface area contributed by atoms with Crippen molar-refractivity contribution < 1.29 is 9.53 Å². The summed E-state index contributed by atoms with van der Waals surface area (Å²) in [6, 6.07) is 0.489. The number of amides is 1. The average molecular weight is 332 g/mol. The van der Waals surface area contributed by atoms with Crippen LogP contribution in [0.5, 0.6) is 0 Å². The topological polar surface area (TPSA) is 29.5 Å². The lowest BCUT2D eigenvalue weighted by atomic mass is 9.94. The van der Waals surface area contributed by atoms with Gasteiger partial charge in [-0.3, -0.25) is 4.79 Å². The van der Waals surface area contributed by atoms with Crippen molar-refractivity contribution in [2.24, 2.45) is 0 Å². The Labute approximate surface area is 125 Å². The van der Waals surface area contributed by atoms with E-state index in [-0.39, 0.29) is 0 Å². The first kappa shape index (κ1) is 15.3. The zero-order chi connectivity index (χ0) is 13.5. The van der Waals surface area contributed by atoms with E-state index in [9.17, 15) is 4.79 Å². The summed E-state index contributed by atoms with van der Waals surface area (Å²) in [5, 5.41) is 0.884. The van der Waals surface area contributed by atoms with Crippen LogP contribution in [0.25, 0.3) is 0 Å². The van der Waals surface area contributed by atoms with Crippen molar-refractivity contribution in [3.63, 3.8) is 0 Å². The van der Waals surface area contributed by atoms with Gasteiger partial charge in [-0.15, -0.1) is 0 Å². The van der Waals surface area contributed by atoms with Gasteiger partial charge in [0.05, 0.1) is 6.10 Å². The molecule has 2 aliphatic rings. The van der Waals surface area contributed by atoms with Crippen LogP contribution >= 0.6 is 15.9 Å². The Balaban J connectivity index is 1.80. The number of ether oxygens (including phenoxy) is 1. The van der Waals surface area contributed by atoms with Crippen molar-refractivity contribution in [1.82, 2.24) is 4.90 Å². The molecule has 0 bridgehead atoms. The van der Waals surface area contributed by atoms with Crippen LogP contribution in [0.1, 0.15) is 57.8 Å². The van der Waals surface area contributed by atoms with Gasteiger partial charge in [0, 0.05) is 30.9 Å². The van der Waals surface area contributed by atoms with Gasteiger partial charge in [0.2, 0.25) is 5.91 Å². The second kappa shape index (κ2) is 8.25. The van der Waals surface area contributed by atoms with Crippen LogP contribution in [0, 0.1) is 0 Å². The molecule has 1 unspecified atom stereocenters. The average Bonchev–Trinajstić information content (AvgIpc) is 2.96. The predicted octanol–water partition coefficient (Wildman–Crippen LogP) is 3.50. The number of hydrogen-bond donors (Lipinski definition) is 0. The maximum Gasteiger partial charge on any atom is 0.222 e. The van der Waals surface area contributed by atoms with Gasteiger partial charge in [0.15, 0.2) is 0 Å². The Kier molecular flexibility index (Phi) is 6.65. The normalized spacial score (nSPS) is 24.6. The third kappa shape index (κ3) is 4.75. The fourth-order valence-corrected chi connectivity index (χ4v) is 3.68. The molecule has 1 saturated carbocycles. The summed E-state index contributed by atoms with van der Waals surface area (Å²) in [6.07, 6.45) is 10.5. The van der Waals surface area contributed by atoms with E-state index in [1.807, 2.05) is 0 Å². The molecule has 0 aromatic rings. The van der Waals surface area contributed by atoms with Crippen LogP contribution in [0.4, 0.5) is 0 Å². The summed E-state index contributed by atoms with van der Waals surface area (Å²) in [4.78, 5) is 14.6. The smallest absolute Gasteiger partial charge is 0.222 e. The standard InChI is InChI=1S/C15H26BrNO2/c16-10-11-17(13-5-2-1-3-6-13)15(18)9-8-14-7-4-12-19-14/h13-14H,1-12H2. The van der Waals surface area contributed by atoms with E-state index in [1.54, 1.807) is 0 Å². The molecule has 3 nitrogen and oxygen atoms in total. The molecule has 1 heterocycles. The van der Waals surface area contributed by atoms with E-state index >= 15 is 0 Å². The summed E-state index contributed by atoms with van der Waals surface area (Å²) < 4.78 is 5.61. The Morgan fingerprint density at radius 2 is 1.95 bits per heavy atom. The fourth-order valence-electron chi connectivity index (χ4n) is 3.29. The van der Waals surface area contributed by atoms with E-state index in [0.717, 1.165) is 37.7 Å². The molecule has 1 aliphatic heterocycles. The van der Waals surface area contributed by atoms with Crippen LogP contribution in [0.15, 0.2) is 0 Å². The SMILES string of the molecule is O=C(CCC1CCCO1)N(CCBr)C1CCCCC1. The zero-order valence-electron chi connectivity index (χ0n) is 11.8. The van der Waals surface area contributed by atoms with Crippen LogP contribution in [0.3, 0.4) is 0 Å². The molecular weight excluding hydrogens is 306 g/mol. The molecule has 2 rings (SSSR count). The van der Waals surface area contributed by atoms with Gasteiger partial charge in [-0.1, -0.05) is 35.2 Å². The van der Waals surface area contributed by atoms with Crippen molar-refractivity contribution in [3.05, 3.63) is 0 Å². The molecule has 0 radical (unpaired) electrons. The molecule has 1 amide bonds. The van der Waals surface area contributed by atoms with E-state index in [4.69, 9.17) is 4.74 Å². The van der Waals surface area contributed by atoms with Crippen LogP contribution < -0.4 is 0 Å². The highest BCUT2D eigenvalue weighted by molar-refractivity contribution is 9.09. The van der Waals surface area contributed by atoms with E-state index < -0.39 is 0 Å². The van der Waals surface area contributed by atoms with E-state index in [2.05, 4.69) is 20.8 Å². The second-order valence-corrected chi connectivity index (χ2v) is 6.53. The first-order valence-electron chi connectivity index (χ1n) is 7.78. The lowest BCUT2D eigenvalue weighted by Gasteiger charge is -2.34. The van der Waals surface area contributed by atoms with Gasteiger partial charge < -0.3 is 9.64 Å². The molecule has 0 aromatic heterocycles. The minimum Gasteiger partial charge on any atom is -0.378 e. The lowest BCUT2D eigenvalue weighted by Crippen LogP contribution is -2.42. The fraction of sp³-hybridized carbons (Fsp3) is 0.933. The molecule has 1 aliphatic carbocycles. The zero-order valence-corrected chi connectivity index (χ0v) is 13.4. The molecule has 1 atom stereocenters. The molecule has 19 heavy (non-hydrogen) atoms. The van der Waals surface area contributed by atoms with Crippen molar-refractivity contribution in [2.45, 2.75) is 69.9 Å². The molecule has 1 saturated heterocycles. The van der Waals surface area contributed by atoms with Gasteiger partial charge in [-0.2, -0.15) is 0 Å². The Bertz CT molecular complexity index is 273. The number of hydrogen-bond acceptors (Lipinski definition) is 2. The van der Waals surface area contributed by atoms with Crippen molar-refractivity contribution in [1.29, 1.82) is 0 Å². The third-order valence-electron chi connectivity index (χ3n) is 4.37. The molecule has 0 N–H and O–H groups in total. The summed E-state index contributed by atoms with van der Waals surface area (Å²) in [5.41, 5.74) is 0. The highest BCUT2D eigenvalue weighted by Crippen LogP contribution is 2.24. The van der Waals surface area contributed by atoms with Crippen molar-refractivity contribution >= 4 is 21.8 Å². The highest BCUT2D eigenvalue weighted by atomic mass is 79.9. The Morgan fingerprint density at radius 1 is 1.16 bits per heavy atom. The van der Waals surface area contributed by atoms with Crippen LogP contribution in [-0.4, -0.2) is 41.4 Å². The first-order chi connectivity index (χ1) is 9.31. The minimum atomic E-state index is 0.334. The molecule has 2 fully saturated rings. The summed E-state index contributed by atoms with van der Waals surface area (Å²) in [5.74, 6) is 0.335. The van der Waals surface area contributed by atoms with Crippen LogP contribution in [0.2, 0.25) is 0 Å².